The monoisotopic (exact) mass is 310 g/mol. The molecule has 2 nitrogen and oxygen atoms in total. The summed E-state index contributed by atoms with van der Waals surface area (Å²) in [6, 6.07) is 14.5. The van der Waals surface area contributed by atoms with E-state index in [1.807, 2.05) is 36.4 Å². The zero-order chi connectivity index (χ0) is 14.6. The quantitative estimate of drug-likeness (QED) is 0.790. The molecule has 2 aromatic rings. The van der Waals surface area contributed by atoms with Crippen LogP contribution >= 0.6 is 23.2 Å². The van der Waals surface area contributed by atoms with Gasteiger partial charge in [-0.2, -0.15) is 0 Å². The number of aliphatic hydroxyl groups is 1. The van der Waals surface area contributed by atoms with E-state index in [0.717, 1.165) is 5.56 Å². The second-order valence-corrected chi connectivity index (χ2v) is 5.61. The van der Waals surface area contributed by atoms with Crippen LogP contribution in [0.5, 0.6) is 11.5 Å². The van der Waals surface area contributed by atoms with Crippen LogP contribution in [-0.2, 0) is 5.60 Å². The molecule has 0 spiro atoms. The van der Waals surface area contributed by atoms with Gasteiger partial charge in [0.2, 0.25) is 0 Å². The van der Waals surface area contributed by atoms with Crippen molar-refractivity contribution < 1.29 is 9.84 Å². The molecule has 2 aromatic carbocycles. The van der Waals surface area contributed by atoms with Gasteiger partial charge in [0.25, 0.3) is 0 Å². The van der Waals surface area contributed by atoms with Crippen molar-refractivity contribution in [2.24, 2.45) is 0 Å². The predicted molar refractivity (Wildman–Crippen MR) is 82.9 cm³/mol. The summed E-state index contributed by atoms with van der Waals surface area (Å²) >= 11 is 11.6. The molecule has 1 atom stereocenters. The average Bonchev–Trinajstić information content (AvgIpc) is 2.39. The zero-order valence-electron chi connectivity index (χ0n) is 11.1. The van der Waals surface area contributed by atoms with Crippen molar-refractivity contribution in [3.8, 4) is 11.5 Å². The normalized spacial score (nSPS) is 13.8. The first-order valence-corrected chi connectivity index (χ1v) is 7.25. The Balaban J connectivity index is 2.12. The van der Waals surface area contributed by atoms with Gasteiger partial charge in [-0.15, -0.1) is 11.6 Å². The molecular weight excluding hydrogens is 295 g/mol. The van der Waals surface area contributed by atoms with Crippen molar-refractivity contribution in [3.63, 3.8) is 0 Å². The van der Waals surface area contributed by atoms with Crippen LogP contribution in [0.4, 0.5) is 0 Å². The maximum Gasteiger partial charge on any atom is 0.128 e. The van der Waals surface area contributed by atoms with Gasteiger partial charge in [-0.3, -0.25) is 0 Å². The van der Waals surface area contributed by atoms with Gasteiger partial charge >= 0.3 is 0 Å². The Bertz CT molecular complexity index is 565. The highest BCUT2D eigenvalue weighted by molar-refractivity contribution is 6.30. The van der Waals surface area contributed by atoms with Crippen molar-refractivity contribution in [1.29, 1.82) is 0 Å². The first kappa shape index (κ1) is 15.2. The Labute approximate surface area is 128 Å². The summed E-state index contributed by atoms with van der Waals surface area (Å²) in [6.07, 6.45) is 0.503. The number of benzene rings is 2. The maximum atomic E-state index is 10.3. The lowest BCUT2D eigenvalue weighted by Crippen LogP contribution is -2.21. The second-order valence-electron chi connectivity index (χ2n) is 4.80. The number of hydrogen-bond donors (Lipinski definition) is 1. The largest absolute Gasteiger partial charge is 0.457 e. The summed E-state index contributed by atoms with van der Waals surface area (Å²) in [5, 5.41) is 10.9. The van der Waals surface area contributed by atoms with Crippen LogP contribution < -0.4 is 4.74 Å². The van der Waals surface area contributed by atoms with Crippen LogP contribution in [-0.4, -0.2) is 11.0 Å². The van der Waals surface area contributed by atoms with Gasteiger partial charge in [0.15, 0.2) is 0 Å². The summed E-state index contributed by atoms with van der Waals surface area (Å²) in [5.41, 5.74) is -0.104. The molecule has 1 N–H and O–H groups in total. The maximum absolute atomic E-state index is 10.3. The topological polar surface area (TPSA) is 29.5 Å². The molecule has 0 aliphatic carbocycles. The molecule has 0 aliphatic rings. The van der Waals surface area contributed by atoms with Crippen LogP contribution in [0.1, 0.15) is 18.9 Å². The molecule has 0 radical (unpaired) electrons. The molecule has 0 saturated heterocycles. The third kappa shape index (κ3) is 3.89. The Morgan fingerprint density at radius 3 is 2.40 bits per heavy atom. The van der Waals surface area contributed by atoms with E-state index >= 15 is 0 Å². The molecule has 0 bridgehead atoms. The predicted octanol–water partition coefficient (Wildman–Crippen LogP) is 4.97. The minimum absolute atomic E-state index is 0.410. The lowest BCUT2D eigenvalue weighted by Gasteiger charge is -2.22. The van der Waals surface area contributed by atoms with Crippen molar-refractivity contribution in [2.45, 2.75) is 18.9 Å². The summed E-state index contributed by atoms with van der Waals surface area (Å²) in [5.74, 6) is 1.78. The molecule has 20 heavy (non-hydrogen) atoms. The van der Waals surface area contributed by atoms with E-state index in [0.29, 0.717) is 28.8 Å². The molecule has 0 aromatic heterocycles. The number of halogens is 2. The smallest absolute Gasteiger partial charge is 0.128 e. The fraction of sp³-hybridized carbons (Fsp3) is 0.250. The molecule has 0 heterocycles. The SMILES string of the molecule is CC(O)(CCCl)c1ccc(Oc2cccc(Cl)c2)cc1. The molecule has 0 amide bonds. The number of rotatable bonds is 5. The van der Waals surface area contributed by atoms with Gasteiger partial charge in [-0.1, -0.05) is 29.8 Å². The van der Waals surface area contributed by atoms with E-state index in [9.17, 15) is 5.11 Å². The van der Waals surface area contributed by atoms with Crippen LogP contribution in [0.2, 0.25) is 5.02 Å². The molecule has 0 fully saturated rings. The van der Waals surface area contributed by atoms with E-state index in [1.54, 1.807) is 19.1 Å². The molecule has 106 valence electrons. The fourth-order valence-electron chi connectivity index (χ4n) is 1.88. The third-order valence-electron chi connectivity index (χ3n) is 3.09. The van der Waals surface area contributed by atoms with Gasteiger partial charge < -0.3 is 9.84 Å². The summed E-state index contributed by atoms with van der Waals surface area (Å²) in [4.78, 5) is 0. The molecule has 4 heteroatoms. The van der Waals surface area contributed by atoms with E-state index in [4.69, 9.17) is 27.9 Å². The van der Waals surface area contributed by atoms with Gasteiger partial charge in [-0.25, -0.2) is 0 Å². The Morgan fingerprint density at radius 1 is 1.10 bits per heavy atom. The Hall–Kier alpha value is -1.22. The fourth-order valence-corrected chi connectivity index (χ4v) is 2.43. The van der Waals surface area contributed by atoms with Gasteiger partial charge in [0, 0.05) is 10.9 Å². The van der Waals surface area contributed by atoms with Crippen LogP contribution in [0.3, 0.4) is 0 Å². The molecule has 0 saturated carbocycles. The van der Waals surface area contributed by atoms with E-state index in [2.05, 4.69) is 0 Å². The number of alkyl halides is 1. The Kier molecular flexibility index (Phi) is 4.92. The second kappa shape index (κ2) is 6.49. The first-order chi connectivity index (χ1) is 9.51. The zero-order valence-corrected chi connectivity index (χ0v) is 12.7. The number of ether oxygens (including phenoxy) is 1. The van der Waals surface area contributed by atoms with Gasteiger partial charge in [0.05, 0.1) is 5.60 Å². The minimum Gasteiger partial charge on any atom is -0.457 e. The standard InChI is InChI=1S/C16H16Cl2O2/c1-16(19,9-10-17)12-5-7-14(8-6-12)20-15-4-2-3-13(18)11-15/h2-8,11,19H,9-10H2,1H3. The van der Waals surface area contributed by atoms with Gasteiger partial charge in [-0.05, 0) is 49.2 Å². The van der Waals surface area contributed by atoms with Crippen LogP contribution in [0.15, 0.2) is 48.5 Å². The summed E-state index contributed by atoms with van der Waals surface area (Å²) < 4.78 is 5.69. The molecule has 0 aliphatic heterocycles. The van der Waals surface area contributed by atoms with E-state index in [1.165, 1.54) is 0 Å². The lowest BCUT2D eigenvalue weighted by molar-refractivity contribution is 0.0540. The van der Waals surface area contributed by atoms with Crippen LogP contribution in [0.25, 0.3) is 0 Å². The lowest BCUT2D eigenvalue weighted by atomic mass is 9.93. The van der Waals surface area contributed by atoms with Crippen molar-refractivity contribution in [3.05, 3.63) is 59.1 Å². The Morgan fingerprint density at radius 2 is 1.80 bits per heavy atom. The summed E-state index contributed by atoms with van der Waals surface area (Å²) in [7, 11) is 0. The molecule has 2 rings (SSSR count). The van der Waals surface area contributed by atoms with E-state index < -0.39 is 5.60 Å². The highest BCUT2D eigenvalue weighted by atomic mass is 35.5. The van der Waals surface area contributed by atoms with Crippen LogP contribution in [0, 0.1) is 0 Å². The van der Waals surface area contributed by atoms with Gasteiger partial charge in [0.1, 0.15) is 11.5 Å². The first-order valence-electron chi connectivity index (χ1n) is 6.33. The number of hydrogen-bond acceptors (Lipinski definition) is 2. The average molecular weight is 311 g/mol. The van der Waals surface area contributed by atoms with Crippen molar-refractivity contribution >= 4 is 23.2 Å². The molecule has 1 unspecified atom stereocenters. The van der Waals surface area contributed by atoms with E-state index in [-0.39, 0.29) is 0 Å². The van der Waals surface area contributed by atoms with Crippen molar-refractivity contribution in [2.75, 3.05) is 5.88 Å². The highest BCUT2D eigenvalue weighted by Crippen LogP contribution is 2.29. The van der Waals surface area contributed by atoms with Crippen molar-refractivity contribution in [1.82, 2.24) is 0 Å². The highest BCUT2D eigenvalue weighted by Gasteiger charge is 2.21. The minimum atomic E-state index is -0.920. The summed E-state index contributed by atoms with van der Waals surface area (Å²) in [6.45, 7) is 1.75. The third-order valence-corrected chi connectivity index (χ3v) is 3.51. The molecular formula is C16H16Cl2O2.